The molecule has 0 amide bonds. The molecule has 0 spiro atoms. The zero-order chi connectivity index (χ0) is 10.9. The molecular formula is C13H24O. The van der Waals surface area contributed by atoms with Gasteiger partial charge in [-0.15, -0.1) is 0 Å². The van der Waals surface area contributed by atoms with Gasteiger partial charge in [0.25, 0.3) is 0 Å². The van der Waals surface area contributed by atoms with Crippen molar-refractivity contribution in [2.24, 2.45) is 23.2 Å². The van der Waals surface area contributed by atoms with Gasteiger partial charge in [0.1, 0.15) is 5.78 Å². The molecule has 1 heteroatoms. The number of hydrogen-bond acceptors (Lipinski definition) is 1. The highest BCUT2D eigenvalue weighted by Crippen LogP contribution is 2.50. The molecule has 0 saturated heterocycles. The predicted molar refractivity (Wildman–Crippen MR) is 60.1 cm³/mol. The molecule has 0 N–H and O–H groups in total. The third-order valence-corrected chi connectivity index (χ3v) is 3.79. The SMILES string of the molecule is CC(C)C(=O)C(C(C)C)C1(C)CCC1. The molecule has 0 aromatic heterocycles. The Labute approximate surface area is 88.3 Å². The Morgan fingerprint density at radius 1 is 1.14 bits per heavy atom. The lowest BCUT2D eigenvalue weighted by Crippen LogP contribution is -2.43. The summed E-state index contributed by atoms with van der Waals surface area (Å²) in [5.74, 6) is 1.45. The molecule has 1 fully saturated rings. The minimum Gasteiger partial charge on any atom is -0.299 e. The molecule has 1 rings (SSSR count). The molecule has 1 aliphatic rings. The molecule has 1 nitrogen and oxygen atoms in total. The van der Waals surface area contributed by atoms with Crippen LogP contribution in [0.25, 0.3) is 0 Å². The summed E-state index contributed by atoms with van der Waals surface area (Å²) >= 11 is 0. The standard InChI is InChI=1S/C13H24O/c1-9(2)11(12(14)10(3)4)13(5)7-6-8-13/h9-11H,6-8H2,1-5H3. The summed E-state index contributed by atoms with van der Waals surface area (Å²) in [5, 5.41) is 0. The first-order valence-corrected chi connectivity index (χ1v) is 5.92. The van der Waals surface area contributed by atoms with E-state index in [1.807, 2.05) is 13.8 Å². The van der Waals surface area contributed by atoms with Crippen molar-refractivity contribution < 1.29 is 4.79 Å². The average Bonchev–Trinajstić information content (AvgIpc) is 2.00. The van der Waals surface area contributed by atoms with E-state index in [1.165, 1.54) is 19.3 Å². The fourth-order valence-corrected chi connectivity index (χ4v) is 2.88. The van der Waals surface area contributed by atoms with E-state index in [-0.39, 0.29) is 11.8 Å². The van der Waals surface area contributed by atoms with Crippen molar-refractivity contribution in [3.63, 3.8) is 0 Å². The van der Waals surface area contributed by atoms with Gasteiger partial charge in [-0.3, -0.25) is 4.79 Å². The van der Waals surface area contributed by atoms with Crippen molar-refractivity contribution in [2.75, 3.05) is 0 Å². The summed E-state index contributed by atoms with van der Waals surface area (Å²) in [6, 6.07) is 0. The number of hydrogen-bond donors (Lipinski definition) is 0. The van der Waals surface area contributed by atoms with Crippen LogP contribution in [0.2, 0.25) is 0 Å². The smallest absolute Gasteiger partial charge is 0.139 e. The quantitative estimate of drug-likeness (QED) is 0.670. The lowest BCUT2D eigenvalue weighted by Gasteiger charge is -2.46. The monoisotopic (exact) mass is 196 g/mol. The van der Waals surface area contributed by atoms with E-state index in [9.17, 15) is 4.79 Å². The Morgan fingerprint density at radius 2 is 1.64 bits per heavy atom. The summed E-state index contributed by atoms with van der Waals surface area (Å²) in [7, 11) is 0. The maximum Gasteiger partial charge on any atom is 0.139 e. The van der Waals surface area contributed by atoms with Gasteiger partial charge in [0.05, 0.1) is 0 Å². The van der Waals surface area contributed by atoms with Crippen LogP contribution in [0.1, 0.15) is 53.9 Å². The van der Waals surface area contributed by atoms with Gasteiger partial charge in [0.15, 0.2) is 0 Å². The Bertz CT molecular complexity index is 211. The number of ketones is 1. The van der Waals surface area contributed by atoms with E-state index in [2.05, 4.69) is 20.8 Å². The number of Topliss-reactive ketones (excluding diaryl/α,β-unsaturated/α-hetero) is 1. The molecule has 1 unspecified atom stereocenters. The van der Waals surface area contributed by atoms with Crippen molar-refractivity contribution in [2.45, 2.75) is 53.9 Å². The number of rotatable bonds is 4. The van der Waals surface area contributed by atoms with Crippen molar-refractivity contribution >= 4 is 5.78 Å². The summed E-state index contributed by atoms with van der Waals surface area (Å²) < 4.78 is 0. The third-order valence-electron chi connectivity index (χ3n) is 3.79. The lowest BCUT2D eigenvalue weighted by molar-refractivity contribution is -0.135. The zero-order valence-corrected chi connectivity index (χ0v) is 10.3. The van der Waals surface area contributed by atoms with Gasteiger partial charge in [0, 0.05) is 11.8 Å². The Hall–Kier alpha value is -0.330. The topological polar surface area (TPSA) is 17.1 Å². The maximum atomic E-state index is 12.1. The highest BCUT2D eigenvalue weighted by molar-refractivity contribution is 5.83. The minimum atomic E-state index is 0.194. The lowest BCUT2D eigenvalue weighted by atomic mass is 9.57. The second kappa shape index (κ2) is 4.04. The van der Waals surface area contributed by atoms with Gasteiger partial charge >= 0.3 is 0 Å². The molecule has 0 aromatic carbocycles. The van der Waals surface area contributed by atoms with Crippen molar-refractivity contribution in [1.29, 1.82) is 0 Å². The highest BCUT2D eigenvalue weighted by Gasteiger charge is 2.44. The van der Waals surface area contributed by atoms with Gasteiger partial charge < -0.3 is 0 Å². The zero-order valence-electron chi connectivity index (χ0n) is 10.3. The van der Waals surface area contributed by atoms with Gasteiger partial charge in [-0.1, -0.05) is 41.0 Å². The van der Waals surface area contributed by atoms with E-state index in [0.29, 0.717) is 17.1 Å². The molecule has 0 aliphatic heterocycles. The number of carbonyl (C=O) groups excluding carboxylic acids is 1. The van der Waals surface area contributed by atoms with Crippen LogP contribution in [0.4, 0.5) is 0 Å². The molecule has 14 heavy (non-hydrogen) atoms. The molecule has 0 aromatic rings. The largest absolute Gasteiger partial charge is 0.299 e. The van der Waals surface area contributed by atoms with Crippen molar-refractivity contribution in [1.82, 2.24) is 0 Å². The molecule has 1 atom stereocenters. The highest BCUT2D eigenvalue weighted by atomic mass is 16.1. The molecule has 0 bridgehead atoms. The summed E-state index contributed by atoms with van der Waals surface area (Å²) in [6.07, 6.45) is 3.80. The molecule has 0 radical (unpaired) electrons. The number of carbonyl (C=O) groups is 1. The Morgan fingerprint density at radius 3 is 1.86 bits per heavy atom. The molecule has 1 aliphatic carbocycles. The average molecular weight is 196 g/mol. The van der Waals surface area contributed by atoms with E-state index in [4.69, 9.17) is 0 Å². The van der Waals surface area contributed by atoms with E-state index < -0.39 is 0 Å². The predicted octanol–water partition coefficient (Wildman–Crippen LogP) is 3.67. The molecule has 82 valence electrons. The van der Waals surface area contributed by atoms with Crippen LogP contribution in [0.15, 0.2) is 0 Å². The van der Waals surface area contributed by atoms with E-state index in [1.54, 1.807) is 0 Å². The first-order chi connectivity index (χ1) is 6.38. The van der Waals surface area contributed by atoms with E-state index in [0.717, 1.165) is 0 Å². The van der Waals surface area contributed by atoms with Crippen LogP contribution < -0.4 is 0 Å². The minimum absolute atomic E-state index is 0.194. The molecule has 0 heterocycles. The summed E-state index contributed by atoms with van der Waals surface area (Å²) in [5.41, 5.74) is 0.315. The van der Waals surface area contributed by atoms with Gasteiger partial charge in [-0.25, -0.2) is 0 Å². The van der Waals surface area contributed by atoms with Crippen LogP contribution in [-0.4, -0.2) is 5.78 Å². The van der Waals surface area contributed by atoms with Crippen LogP contribution in [0.3, 0.4) is 0 Å². The van der Waals surface area contributed by atoms with Gasteiger partial charge in [-0.2, -0.15) is 0 Å². The van der Waals surface area contributed by atoms with Gasteiger partial charge in [-0.05, 0) is 24.2 Å². The van der Waals surface area contributed by atoms with Crippen LogP contribution in [0, 0.1) is 23.2 Å². The fraction of sp³-hybridized carbons (Fsp3) is 0.923. The Kier molecular flexibility index (Phi) is 3.39. The van der Waals surface area contributed by atoms with Crippen LogP contribution in [0.5, 0.6) is 0 Å². The maximum absolute atomic E-state index is 12.1. The normalized spacial score (nSPS) is 22.2. The second-order valence-corrected chi connectivity index (χ2v) is 5.79. The molecular weight excluding hydrogens is 172 g/mol. The van der Waals surface area contributed by atoms with E-state index >= 15 is 0 Å². The first-order valence-electron chi connectivity index (χ1n) is 5.92. The van der Waals surface area contributed by atoms with Crippen molar-refractivity contribution in [3.05, 3.63) is 0 Å². The fourth-order valence-electron chi connectivity index (χ4n) is 2.88. The Balaban J connectivity index is 2.79. The van der Waals surface area contributed by atoms with Crippen molar-refractivity contribution in [3.8, 4) is 0 Å². The summed E-state index contributed by atoms with van der Waals surface area (Å²) in [6.45, 7) is 10.7. The summed E-state index contributed by atoms with van der Waals surface area (Å²) in [4.78, 5) is 12.1. The molecule has 1 saturated carbocycles. The third kappa shape index (κ3) is 2.02. The second-order valence-electron chi connectivity index (χ2n) is 5.79. The first kappa shape index (κ1) is 11.7. The van der Waals surface area contributed by atoms with Crippen LogP contribution in [-0.2, 0) is 4.79 Å². The van der Waals surface area contributed by atoms with Gasteiger partial charge in [0.2, 0.25) is 0 Å². The van der Waals surface area contributed by atoms with Crippen LogP contribution >= 0.6 is 0 Å².